The van der Waals surface area contributed by atoms with E-state index in [4.69, 9.17) is 9.47 Å². The number of aromatic nitrogens is 1. The number of hydrogen-bond donors (Lipinski definition) is 0. The normalized spacial score (nSPS) is 11.0. The first-order valence-corrected chi connectivity index (χ1v) is 7.83. The number of pyridine rings is 1. The molecule has 0 radical (unpaired) electrons. The van der Waals surface area contributed by atoms with E-state index in [0.29, 0.717) is 17.3 Å². The Kier molecular flexibility index (Phi) is 4.79. The molecule has 0 aliphatic carbocycles. The quantitative estimate of drug-likeness (QED) is 0.390. The number of nitro groups is 1. The Morgan fingerprint density at radius 1 is 1.12 bits per heavy atom. The molecule has 132 valence electrons. The Balaban J connectivity index is 2.06. The fourth-order valence-electron chi connectivity index (χ4n) is 2.63. The highest BCUT2D eigenvalue weighted by atomic mass is 16.6. The predicted octanol–water partition coefficient (Wildman–Crippen LogP) is 4.22. The molecule has 0 fully saturated rings. The van der Waals surface area contributed by atoms with Gasteiger partial charge >= 0.3 is 0 Å². The maximum Gasteiger partial charge on any atom is 0.270 e. The average molecular weight is 351 g/mol. The Morgan fingerprint density at radius 3 is 2.62 bits per heavy atom. The number of nitrogens with zero attached hydrogens (tertiary/aromatic N) is 3. The molecule has 0 aliphatic heterocycles. The number of benzene rings is 2. The molecule has 3 rings (SSSR count). The number of ether oxygens (including phenoxy) is 2. The van der Waals surface area contributed by atoms with Crippen LogP contribution in [0.1, 0.15) is 11.3 Å². The van der Waals surface area contributed by atoms with Crippen molar-refractivity contribution in [3.63, 3.8) is 0 Å². The minimum Gasteiger partial charge on any atom is -0.497 e. The van der Waals surface area contributed by atoms with Crippen LogP contribution in [0.2, 0.25) is 0 Å². The minimum absolute atomic E-state index is 0.0369. The molecule has 0 amide bonds. The summed E-state index contributed by atoms with van der Waals surface area (Å²) < 4.78 is 10.5. The predicted molar refractivity (Wildman–Crippen MR) is 99.9 cm³/mol. The highest BCUT2D eigenvalue weighted by Crippen LogP contribution is 2.29. The molecule has 0 N–H and O–H groups in total. The summed E-state index contributed by atoms with van der Waals surface area (Å²) in [5.74, 6) is 1.80. The Labute approximate surface area is 150 Å². The van der Waals surface area contributed by atoms with Gasteiger partial charge in [-0.15, -0.1) is 0 Å². The zero-order chi connectivity index (χ0) is 18.7. The van der Waals surface area contributed by atoms with Crippen LogP contribution in [0, 0.1) is 17.0 Å². The lowest BCUT2D eigenvalue weighted by Crippen LogP contribution is -1.93. The molecule has 1 heterocycles. The summed E-state index contributed by atoms with van der Waals surface area (Å²) in [7, 11) is 3.16. The van der Waals surface area contributed by atoms with Gasteiger partial charge in [-0.2, -0.15) is 0 Å². The topological polar surface area (TPSA) is 86.9 Å². The maximum absolute atomic E-state index is 11.0. The van der Waals surface area contributed by atoms with Crippen LogP contribution >= 0.6 is 0 Å². The zero-order valence-electron chi connectivity index (χ0n) is 14.6. The first-order valence-electron chi connectivity index (χ1n) is 7.83. The van der Waals surface area contributed by atoms with Crippen LogP contribution in [-0.4, -0.2) is 30.3 Å². The van der Waals surface area contributed by atoms with Crippen molar-refractivity contribution in [1.29, 1.82) is 0 Å². The number of aryl methyl sites for hydroxylation is 1. The second-order valence-electron chi connectivity index (χ2n) is 5.62. The lowest BCUT2D eigenvalue weighted by molar-refractivity contribution is -0.384. The first kappa shape index (κ1) is 17.3. The molecule has 0 spiro atoms. The van der Waals surface area contributed by atoms with Crippen molar-refractivity contribution in [2.75, 3.05) is 14.2 Å². The maximum atomic E-state index is 11.0. The Bertz CT molecular complexity index is 1020. The molecule has 0 atom stereocenters. The third-order valence-corrected chi connectivity index (χ3v) is 3.90. The standard InChI is InChI=1S/C19H17N3O4/c1-12-8-14-9-15(22(23)24)5-7-17(14)19(21-12)20-11-13-4-6-16(25-2)10-18(13)26-3/h4-11H,1-3H3. The highest BCUT2D eigenvalue weighted by molar-refractivity contribution is 5.95. The molecule has 0 bridgehead atoms. The summed E-state index contributed by atoms with van der Waals surface area (Å²) in [5.41, 5.74) is 1.54. The number of methoxy groups -OCH3 is 2. The molecular formula is C19H17N3O4. The van der Waals surface area contributed by atoms with E-state index >= 15 is 0 Å². The fraction of sp³-hybridized carbons (Fsp3) is 0.158. The van der Waals surface area contributed by atoms with E-state index < -0.39 is 4.92 Å². The molecule has 3 aromatic rings. The Hall–Kier alpha value is -3.48. The smallest absolute Gasteiger partial charge is 0.270 e. The van der Waals surface area contributed by atoms with E-state index in [0.717, 1.165) is 22.0 Å². The zero-order valence-corrected chi connectivity index (χ0v) is 14.6. The van der Waals surface area contributed by atoms with Crippen LogP contribution in [0.4, 0.5) is 11.5 Å². The van der Waals surface area contributed by atoms with Gasteiger partial charge in [-0.3, -0.25) is 10.1 Å². The number of fused-ring (bicyclic) bond motifs is 1. The van der Waals surface area contributed by atoms with Crippen molar-refractivity contribution in [1.82, 2.24) is 4.98 Å². The number of aliphatic imine (C=N–C) groups is 1. The lowest BCUT2D eigenvalue weighted by atomic mass is 10.1. The van der Waals surface area contributed by atoms with Crippen molar-refractivity contribution in [2.45, 2.75) is 6.92 Å². The van der Waals surface area contributed by atoms with Crippen molar-refractivity contribution in [3.8, 4) is 11.5 Å². The van der Waals surface area contributed by atoms with Crippen LogP contribution in [0.3, 0.4) is 0 Å². The molecule has 0 unspecified atom stereocenters. The summed E-state index contributed by atoms with van der Waals surface area (Å²) >= 11 is 0. The van der Waals surface area contributed by atoms with Crippen LogP contribution in [0.25, 0.3) is 10.8 Å². The van der Waals surface area contributed by atoms with Gasteiger partial charge in [0.25, 0.3) is 5.69 Å². The second kappa shape index (κ2) is 7.18. The van der Waals surface area contributed by atoms with Gasteiger partial charge in [0.2, 0.25) is 0 Å². The first-order chi connectivity index (χ1) is 12.5. The van der Waals surface area contributed by atoms with Crippen LogP contribution in [0.15, 0.2) is 47.5 Å². The average Bonchev–Trinajstić information content (AvgIpc) is 2.65. The van der Waals surface area contributed by atoms with Crippen molar-refractivity contribution in [2.24, 2.45) is 4.99 Å². The SMILES string of the molecule is COc1ccc(C=Nc2nc(C)cc3cc([N+](=O)[O-])ccc23)c(OC)c1. The van der Waals surface area contributed by atoms with Gasteiger partial charge in [-0.25, -0.2) is 9.98 Å². The van der Waals surface area contributed by atoms with Crippen LogP contribution in [0.5, 0.6) is 11.5 Å². The van der Waals surface area contributed by atoms with E-state index in [9.17, 15) is 10.1 Å². The third-order valence-electron chi connectivity index (χ3n) is 3.90. The molecule has 0 saturated carbocycles. The number of nitro benzene ring substituents is 1. The molecule has 7 heteroatoms. The largest absolute Gasteiger partial charge is 0.497 e. The third kappa shape index (κ3) is 3.46. The van der Waals surface area contributed by atoms with E-state index in [1.807, 2.05) is 19.1 Å². The van der Waals surface area contributed by atoms with Gasteiger partial charge in [-0.05, 0) is 36.6 Å². The second-order valence-corrected chi connectivity index (χ2v) is 5.62. The van der Waals surface area contributed by atoms with Crippen molar-refractivity contribution in [3.05, 3.63) is 63.8 Å². The summed E-state index contributed by atoms with van der Waals surface area (Å²) in [6, 6.07) is 11.9. The van der Waals surface area contributed by atoms with E-state index in [1.54, 1.807) is 38.6 Å². The lowest BCUT2D eigenvalue weighted by Gasteiger charge is -2.07. The molecule has 7 nitrogen and oxygen atoms in total. The van der Waals surface area contributed by atoms with Gasteiger partial charge in [0.15, 0.2) is 5.82 Å². The van der Waals surface area contributed by atoms with Gasteiger partial charge in [0.1, 0.15) is 11.5 Å². The van der Waals surface area contributed by atoms with E-state index in [-0.39, 0.29) is 5.69 Å². The molecule has 0 saturated heterocycles. The van der Waals surface area contributed by atoms with E-state index in [2.05, 4.69) is 9.98 Å². The fourth-order valence-corrected chi connectivity index (χ4v) is 2.63. The molecule has 2 aromatic carbocycles. The van der Waals surface area contributed by atoms with Gasteiger partial charge < -0.3 is 9.47 Å². The molecule has 26 heavy (non-hydrogen) atoms. The summed E-state index contributed by atoms with van der Waals surface area (Å²) in [6.07, 6.45) is 1.65. The van der Waals surface area contributed by atoms with Gasteiger partial charge in [0, 0.05) is 41.1 Å². The van der Waals surface area contributed by atoms with Crippen molar-refractivity contribution >= 4 is 28.5 Å². The van der Waals surface area contributed by atoms with E-state index in [1.165, 1.54) is 12.1 Å². The highest BCUT2D eigenvalue weighted by Gasteiger charge is 2.10. The number of hydrogen-bond acceptors (Lipinski definition) is 6. The van der Waals surface area contributed by atoms with Gasteiger partial charge in [0.05, 0.1) is 19.1 Å². The Morgan fingerprint density at radius 2 is 1.92 bits per heavy atom. The summed E-state index contributed by atoms with van der Waals surface area (Å²) in [6.45, 7) is 1.82. The minimum atomic E-state index is -0.416. The van der Waals surface area contributed by atoms with Gasteiger partial charge in [-0.1, -0.05) is 0 Å². The number of non-ortho nitro benzene ring substituents is 1. The molecule has 1 aromatic heterocycles. The molecule has 0 aliphatic rings. The monoisotopic (exact) mass is 351 g/mol. The summed E-state index contributed by atoms with van der Waals surface area (Å²) in [4.78, 5) is 19.5. The van der Waals surface area contributed by atoms with Crippen molar-refractivity contribution < 1.29 is 14.4 Å². The van der Waals surface area contributed by atoms with Crippen LogP contribution < -0.4 is 9.47 Å². The molecular weight excluding hydrogens is 334 g/mol. The summed E-state index contributed by atoms with van der Waals surface area (Å²) in [5, 5.41) is 12.4. The van der Waals surface area contributed by atoms with Crippen LogP contribution in [-0.2, 0) is 0 Å². The number of rotatable bonds is 5.